The minimum absolute atomic E-state index is 0.421. The van der Waals surface area contributed by atoms with Gasteiger partial charge < -0.3 is 5.73 Å². The SMILES string of the molecule is Nc1c(Cl)cc(C=CBr)cc1Cl. The summed E-state index contributed by atoms with van der Waals surface area (Å²) < 4.78 is 0. The highest BCUT2D eigenvalue weighted by atomic mass is 79.9. The average molecular weight is 267 g/mol. The Morgan fingerprint density at radius 3 is 2.17 bits per heavy atom. The summed E-state index contributed by atoms with van der Waals surface area (Å²) in [6.45, 7) is 0. The van der Waals surface area contributed by atoms with Crippen molar-refractivity contribution < 1.29 is 0 Å². The van der Waals surface area contributed by atoms with Crippen molar-refractivity contribution in [3.8, 4) is 0 Å². The van der Waals surface area contributed by atoms with Crippen molar-refractivity contribution in [2.45, 2.75) is 0 Å². The third kappa shape index (κ3) is 2.16. The fourth-order valence-corrected chi connectivity index (χ4v) is 1.58. The molecule has 0 atom stereocenters. The van der Waals surface area contributed by atoms with Crippen molar-refractivity contribution in [2.24, 2.45) is 0 Å². The average Bonchev–Trinajstić information content (AvgIpc) is 2.01. The maximum absolute atomic E-state index is 5.80. The zero-order chi connectivity index (χ0) is 9.14. The van der Waals surface area contributed by atoms with Crippen LogP contribution >= 0.6 is 39.1 Å². The smallest absolute Gasteiger partial charge is 0.0693 e. The number of nitrogen functional groups attached to an aromatic ring is 1. The Labute approximate surface area is 89.3 Å². The monoisotopic (exact) mass is 265 g/mol. The highest BCUT2D eigenvalue weighted by Crippen LogP contribution is 2.29. The second-order valence-corrected chi connectivity index (χ2v) is 3.53. The summed E-state index contributed by atoms with van der Waals surface area (Å²) in [6.07, 6.45) is 1.83. The first kappa shape index (κ1) is 9.90. The van der Waals surface area contributed by atoms with Gasteiger partial charge in [-0.2, -0.15) is 0 Å². The van der Waals surface area contributed by atoms with Gasteiger partial charge in [-0.25, -0.2) is 0 Å². The number of halogens is 3. The molecule has 0 fully saturated rings. The van der Waals surface area contributed by atoms with Crippen molar-refractivity contribution >= 4 is 50.9 Å². The predicted octanol–water partition coefficient (Wildman–Crippen LogP) is 3.94. The third-order valence-electron chi connectivity index (χ3n) is 1.36. The van der Waals surface area contributed by atoms with Gasteiger partial charge in [0, 0.05) is 0 Å². The number of rotatable bonds is 1. The molecular formula is C8H6BrCl2N. The van der Waals surface area contributed by atoms with E-state index in [0.717, 1.165) is 5.56 Å². The van der Waals surface area contributed by atoms with Gasteiger partial charge in [-0.1, -0.05) is 39.1 Å². The Hall–Kier alpha value is -0.180. The maximum atomic E-state index is 5.80. The van der Waals surface area contributed by atoms with E-state index in [9.17, 15) is 0 Å². The van der Waals surface area contributed by atoms with Crippen molar-refractivity contribution in [3.63, 3.8) is 0 Å². The number of anilines is 1. The predicted molar refractivity (Wildman–Crippen MR) is 58.8 cm³/mol. The molecular weight excluding hydrogens is 261 g/mol. The molecule has 1 aromatic rings. The molecule has 0 bridgehead atoms. The summed E-state index contributed by atoms with van der Waals surface area (Å²) in [5, 5.41) is 0.950. The van der Waals surface area contributed by atoms with Crippen molar-refractivity contribution in [2.75, 3.05) is 5.73 Å². The van der Waals surface area contributed by atoms with Crippen LogP contribution in [0.3, 0.4) is 0 Å². The van der Waals surface area contributed by atoms with Gasteiger partial charge in [0.2, 0.25) is 0 Å². The lowest BCUT2D eigenvalue weighted by molar-refractivity contribution is 1.64. The zero-order valence-electron chi connectivity index (χ0n) is 6.02. The molecule has 1 nitrogen and oxygen atoms in total. The number of hydrogen-bond donors (Lipinski definition) is 1. The van der Waals surface area contributed by atoms with Crippen LogP contribution in [0.15, 0.2) is 17.1 Å². The van der Waals surface area contributed by atoms with Gasteiger partial charge in [0.05, 0.1) is 15.7 Å². The van der Waals surface area contributed by atoms with Crippen LogP contribution in [0.2, 0.25) is 10.0 Å². The molecule has 0 saturated heterocycles. The molecule has 0 aromatic heterocycles. The van der Waals surface area contributed by atoms with Gasteiger partial charge >= 0.3 is 0 Å². The summed E-state index contributed by atoms with van der Waals surface area (Å²) in [5.41, 5.74) is 6.88. The summed E-state index contributed by atoms with van der Waals surface area (Å²) in [7, 11) is 0. The van der Waals surface area contributed by atoms with E-state index in [2.05, 4.69) is 15.9 Å². The molecule has 0 aliphatic rings. The molecule has 2 N–H and O–H groups in total. The normalized spacial score (nSPS) is 10.9. The van der Waals surface area contributed by atoms with Crippen LogP contribution in [-0.4, -0.2) is 0 Å². The van der Waals surface area contributed by atoms with Crippen molar-refractivity contribution in [3.05, 3.63) is 32.7 Å². The summed E-state index contributed by atoms with van der Waals surface area (Å²) in [6, 6.07) is 3.50. The molecule has 0 heterocycles. The Balaban J connectivity index is 3.21. The van der Waals surface area contributed by atoms with Gasteiger partial charge in [0.25, 0.3) is 0 Å². The molecule has 0 aliphatic heterocycles. The Morgan fingerprint density at radius 1 is 1.25 bits per heavy atom. The Kier molecular flexibility index (Phi) is 3.44. The van der Waals surface area contributed by atoms with Crippen LogP contribution in [0.5, 0.6) is 0 Å². The quantitative estimate of drug-likeness (QED) is 0.766. The molecule has 0 unspecified atom stereocenters. The molecule has 4 heteroatoms. The van der Waals surface area contributed by atoms with E-state index in [4.69, 9.17) is 28.9 Å². The fraction of sp³-hybridized carbons (Fsp3) is 0. The second-order valence-electron chi connectivity index (χ2n) is 2.19. The number of hydrogen-bond acceptors (Lipinski definition) is 1. The second kappa shape index (κ2) is 4.17. The van der Waals surface area contributed by atoms with Gasteiger partial charge in [-0.15, -0.1) is 0 Å². The molecule has 12 heavy (non-hydrogen) atoms. The van der Waals surface area contributed by atoms with Crippen molar-refractivity contribution in [1.82, 2.24) is 0 Å². The van der Waals surface area contributed by atoms with E-state index in [1.165, 1.54) is 0 Å². The molecule has 64 valence electrons. The first-order chi connectivity index (χ1) is 5.65. The van der Waals surface area contributed by atoms with Crippen LogP contribution < -0.4 is 5.73 Å². The fourth-order valence-electron chi connectivity index (χ4n) is 0.773. The van der Waals surface area contributed by atoms with Crippen LogP contribution in [0, 0.1) is 0 Å². The lowest BCUT2D eigenvalue weighted by Crippen LogP contribution is -1.88. The largest absolute Gasteiger partial charge is 0.396 e. The molecule has 0 amide bonds. The minimum atomic E-state index is 0.421. The van der Waals surface area contributed by atoms with Crippen LogP contribution in [0.4, 0.5) is 5.69 Å². The topological polar surface area (TPSA) is 26.0 Å². The van der Waals surface area contributed by atoms with E-state index in [-0.39, 0.29) is 0 Å². The summed E-state index contributed by atoms with van der Waals surface area (Å²) in [5.74, 6) is 0. The highest BCUT2D eigenvalue weighted by molar-refractivity contribution is 9.11. The van der Waals surface area contributed by atoms with Crippen LogP contribution in [0.1, 0.15) is 5.56 Å². The van der Waals surface area contributed by atoms with E-state index >= 15 is 0 Å². The standard InChI is InChI=1S/C8H6BrCl2N/c9-2-1-5-3-6(10)8(12)7(11)4-5/h1-4H,12H2. The van der Waals surface area contributed by atoms with Crippen LogP contribution in [0.25, 0.3) is 6.08 Å². The number of nitrogens with two attached hydrogens (primary N) is 1. The number of benzene rings is 1. The molecule has 0 radical (unpaired) electrons. The Bertz CT molecular complexity index is 300. The van der Waals surface area contributed by atoms with Crippen molar-refractivity contribution in [1.29, 1.82) is 0 Å². The minimum Gasteiger partial charge on any atom is -0.396 e. The lowest BCUT2D eigenvalue weighted by atomic mass is 10.2. The molecule has 0 spiro atoms. The first-order valence-electron chi connectivity index (χ1n) is 3.16. The van der Waals surface area contributed by atoms with Crippen LogP contribution in [-0.2, 0) is 0 Å². The highest BCUT2D eigenvalue weighted by Gasteiger charge is 2.02. The van der Waals surface area contributed by atoms with E-state index < -0.39 is 0 Å². The third-order valence-corrected chi connectivity index (χ3v) is 2.25. The molecule has 1 aromatic carbocycles. The summed E-state index contributed by atoms with van der Waals surface area (Å²) in [4.78, 5) is 1.73. The Morgan fingerprint density at radius 2 is 1.75 bits per heavy atom. The van der Waals surface area contributed by atoms with E-state index in [1.807, 2.05) is 6.08 Å². The van der Waals surface area contributed by atoms with Gasteiger partial charge in [-0.3, -0.25) is 0 Å². The maximum Gasteiger partial charge on any atom is 0.0693 e. The summed E-state index contributed by atoms with van der Waals surface area (Å²) >= 11 is 14.7. The van der Waals surface area contributed by atoms with E-state index in [1.54, 1.807) is 17.1 Å². The van der Waals surface area contributed by atoms with Gasteiger partial charge in [0.1, 0.15) is 0 Å². The zero-order valence-corrected chi connectivity index (χ0v) is 9.12. The van der Waals surface area contributed by atoms with Gasteiger partial charge in [-0.05, 0) is 28.8 Å². The van der Waals surface area contributed by atoms with E-state index in [0.29, 0.717) is 15.7 Å². The molecule has 0 aliphatic carbocycles. The first-order valence-corrected chi connectivity index (χ1v) is 4.83. The lowest BCUT2D eigenvalue weighted by Gasteiger charge is -2.01. The molecule has 0 saturated carbocycles. The van der Waals surface area contributed by atoms with Gasteiger partial charge in [0.15, 0.2) is 0 Å². The molecule has 1 rings (SSSR count).